The lowest BCUT2D eigenvalue weighted by molar-refractivity contribution is -0.125. The summed E-state index contributed by atoms with van der Waals surface area (Å²) in [5.41, 5.74) is 0.997. The number of hydrogen-bond acceptors (Lipinski definition) is 3. The van der Waals surface area contributed by atoms with E-state index in [1.165, 1.54) is 0 Å². The molecule has 1 fully saturated rings. The second kappa shape index (κ2) is 7.04. The molecule has 0 heterocycles. The highest BCUT2D eigenvalue weighted by atomic mass is 16.5. The average Bonchev–Trinajstić information content (AvgIpc) is 2.62. The van der Waals surface area contributed by atoms with Crippen LogP contribution in [0.5, 0.6) is 5.75 Å². The highest BCUT2D eigenvalue weighted by molar-refractivity contribution is 5.88. The number of amides is 1. The number of hydrogen-bond donors (Lipinski definition) is 1. The molecule has 126 valence electrons. The molecule has 2 aromatic carbocycles. The Balaban J connectivity index is 1.71. The van der Waals surface area contributed by atoms with E-state index < -0.39 is 0 Å². The summed E-state index contributed by atoms with van der Waals surface area (Å²) in [5, 5.41) is 5.28. The van der Waals surface area contributed by atoms with Crippen LogP contribution in [0.1, 0.15) is 44.1 Å². The zero-order valence-electron chi connectivity index (χ0n) is 14.2. The van der Waals surface area contributed by atoms with Crippen molar-refractivity contribution in [1.29, 1.82) is 0 Å². The molecule has 1 aliphatic carbocycles. The van der Waals surface area contributed by atoms with Crippen molar-refractivity contribution < 1.29 is 14.3 Å². The normalized spacial score (nSPS) is 16.8. The molecule has 2 aromatic rings. The molecule has 1 unspecified atom stereocenters. The number of ketones is 1. The van der Waals surface area contributed by atoms with Gasteiger partial charge in [-0.05, 0) is 48.2 Å². The van der Waals surface area contributed by atoms with Gasteiger partial charge in [-0.15, -0.1) is 0 Å². The zero-order chi connectivity index (χ0) is 17.1. The van der Waals surface area contributed by atoms with Crippen molar-refractivity contribution in [2.45, 2.75) is 44.6 Å². The van der Waals surface area contributed by atoms with Crippen LogP contribution in [0.3, 0.4) is 0 Å². The van der Waals surface area contributed by atoms with Crippen LogP contribution in [-0.2, 0) is 9.59 Å². The third-order valence-corrected chi connectivity index (χ3v) is 4.85. The molecule has 1 aliphatic rings. The van der Waals surface area contributed by atoms with Gasteiger partial charge < -0.3 is 10.1 Å². The summed E-state index contributed by atoms with van der Waals surface area (Å²) in [6.07, 6.45) is 2.68. The van der Waals surface area contributed by atoms with E-state index in [4.69, 9.17) is 4.74 Å². The van der Waals surface area contributed by atoms with Gasteiger partial charge >= 0.3 is 0 Å². The first-order valence-corrected chi connectivity index (χ1v) is 8.46. The molecule has 0 aliphatic heterocycles. The molecule has 0 bridgehead atoms. The van der Waals surface area contributed by atoms with Crippen LogP contribution < -0.4 is 10.1 Å². The van der Waals surface area contributed by atoms with Crippen molar-refractivity contribution in [3.63, 3.8) is 0 Å². The van der Waals surface area contributed by atoms with E-state index in [0.717, 1.165) is 34.9 Å². The Morgan fingerprint density at radius 3 is 2.50 bits per heavy atom. The second-order valence-electron chi connectivity index (χ2n) is 6.52. The lowest BCUT2D eigenvalue weighted by atomic mass is 9.92. The van der Waals surface area contributed by atoms with Gasteiger partial charge in [0.25, 0.3) is 0 Å². The number of carbonyl (C=O) groups excluding carboxylic acids is 2. The van der Waals surface area contributed by atoms with E-state index >= 15 is 0 Å². The van der Waals surface area contributed by atoms with Gasteiger partial charge in [0.1, 0.15) is 11.5 Å². The predicted molar refractivity (Wildman–Crippen MR) is 94.3 cm³/mol. The summed E-state index contributed by atoms with van der Waals surface area (Å²) in [6, 6.07) is 12.1. The summed E-state index contributed by atoms with van der Waals surface area (Å²) in [4.78, 5) is 23.8. The summed E-state index contributed by atoms with van der Waals surface area (Å²) in [6.45, 7) is 1.92. The highest BCUT2D eigenvalue weighted by Crippen LogP contribution is 2.25. The SMILES string of the molecule is COc1ccc2cc(C(C)C(=O)NC3CCC(=O)CC3)ccc2c1. The first-order chi connectivity index (χ1) is 11.6. The zero-order valence-corrected chi connectivity index (χ0v) is 14.2. The standard InChI is InChI=1S/C20H23NO3/c1-13(20(23)21-17-6-8-18(22)9-7-17)14-3-4-16-12-19(24-2)10-5-15(16)11-14/h3-5,10-13,17H,6-9H2,1-2H3,(H,21,23). The van der Waals surface area contributed by atoms with Crippen LogP contribution in [0.2, 0.25) is 0 Å². The van der Waals surface area contributed by atoms with Gasteiger partial charge in [0.15, 0.2) is 0 Å². The van der Waals surface area contributed by atoms with E-state index in [-0.39, 0.29) is 17.9 Å². The smallest absolute Gasteiger partial charge is 0.227 e. The molecule has 1 amide bonds. The Morgan fingerprint density at radius 1 is 1.12 bits per heavy atom. The molecule has 1 N–H and O–H groups in total. The Kier molecular flexibility index (Phi) is 4.84. The van der Waals surface area contributed by atoms with E-state index in [0.29, 0.717) is 18.6 Å². The first-order valence-electron chi connectivity index (χ1n) is 8.46. The van der Waals surface area contributed by atoms with Crippen molar-refractivity contribution in [3.8, 4) is 5.75 Å². The Bertz CT molecular complexity index is 759. The fraction of sp³-hybridized carbons (Fsp3) is 0.400. The third-order valence-electron chi connectivity index (χ3n) is 4.85. The van der Waals surface area contributed by atoms with Crippen molar-refractivity contribution >= 4 is 22.5 Å². The van der Waals surface area contributed by atoms with Gasteiger partial charge in [-0.25, -0.2) is 0 Å². The van der Waals surface area contributed by atoms with Crippen molar-refractivity contribution in [3.05, 3.63) is 42.0 Å². The number of Topliss-reactive ketones (excluding diaryl/α,β-unsaturated/α-hetero) is 1. The summed E-state index contributed by atoms with van der Waals surface area (Å²) in [7, 11) is 1.65. The molecule has 0 aromatic heterocycles. The monoisotopic (exact) mass is 325 g/mol. The van der Waals surface area contributed by atoms with Crippen molar-refractivity contribution in [2.24, 2.45) is 0 Å². The third kappa shape index (κ3) is 3.58. The van der Waals surface area contributed by atoms with Gasteiger partial charge in [0, 0.05) is 18.9 Å². The molecule has 4 nitrogen and oxygen atoms in total. The molecule has 0 radical (unpaired) electrons. The minimum absolute atomic E-state index is 0.0298. The van der Waals surface area contributed by atoms with Gasteiger partial charge in [-0.1, -0.05) is 24.3 Å². The van der Waals surface area contributed by atoms with Gasteiger partial charge in [0.2, 0.25) is 5.91 Å². The van der Waals surface area contributed by atoms with Crippen LogP contribution in [0.4, 0.5) is 0 Å². The van der Waals surface area contributed by atoms with Gasteiger partial charge in [-0.3, -0.25) is 9.59 Å². The summed E-state index contributed by atoms with van der Waals surface area (Å²) >= 11 is 0. The number of methoxy groups -OCH3 is 1. The van der Waals surface area contributed by atoms with Crippen LogP contribution in [0, 0.1) is 0 Å². The highest BCUT2D eigenvalue weighted by Gasteiger charge is 2.23. The number of rotatable bonds is 4. The largest absolute Gasteiger partial charge is 0.497 e. The fourth-order valence-corrected chi connectivity index (χ4v) is 3.20. The molecule has 1 atom stereocenters. The molecule has 1 saturated carbocycles. The summed E-state index contributed by atoms with van der Waals surface area (Å²) in [5.74, 6) is 0.947. The quantitative estimate of drug-likeness (QED) is 0.935. The van der Waals surface area contributed by atoms with Crippen LogP contribution in [-0.4, -0.2) is 24.8 Å². The first kappa shape index (κ1) is 16.5. The molecule has 0 saturated heterocycles. The van der Waals surface area contributed by atoms with E-state index in [9.17, 15) is 9.59 Å². The molecular formula is C20H23NO3. The van der Waals surface area contributed by atoms with E-state index in [1.54, 1.807) is 7.11 Å². The maximum absolute atomic E-state index is 12.5. The van der Waals surface area contributed by atoms with Crippen LogP contribution >= 0.6 is 0 Å². The number of nitrogens with one attached hydrogen (secondary N) is 1. The number of fused-ring (bicyclic) bond motifs is 1. The lowest BCUT2D eigenvalue weighted by Crippen LogP contribution is -2.39. The maximum atomic E-state index is 12.5. The topological polar surface area (TPSA) is 55.4 Å². The molecule has 0 spiro atoms. The maximum Gasteiger partial charge on any atom is 0.227 e. The van der Waals surface area contributed by atoms with Gasteiger partial charge in [0.05, 0.1) is 13.0 Å². The minimum atomic E-state index is -0.214. The van der Waals surface area contributed by atoms with E-state index in [2.05, 4.69) is 11.4 Å². The molecular weight excluding hydrogens is 302 g/mol. The fourth-order valence-electron chi connectivity index (χ4n) is 3.20. The predicted octanol–water partition coefficient (Wildman–Crippen LogP) is 3.58. The Labute approximate surface area is 142 Å². The van der Waals surface area contributed by atoms with E-state index in [1.807, 2.05) is 37.3 Å². The van der Waals surface area contributed by atoms with Crippen LogP contribution in [0.15, 0.2) is 36.4 Å². The lowest BCUT2D eigenvalue weighted by Gasteiger charge is -2.24. The number of carbonyl (C=O) groups is 2. The van der Waals surface area contributed by atoms with Gasteiger partial charge in [-0.2, -0.15) is 0 Å². The molecule has 24 heavy (non-hydrogen) atoms. The van der Waals surface area contributed by atoms with Crippen LogP contribution in [0.25, 0.3) is 10.8 Å². The molecule has 3 rings (SSSR count). The number of ether oxygens (including phenoxy) is 1. The number of benzene rings is 2. The average molecular weight is 325 g/mol. The summed E-state index contributed by atoms with van der Waals surface area (Å²) < 4.78 is 5.24. The van der Waals surface area contributed by atoms with Crippen molar-refractivity contribution in [1.82, 2.24) is 5.32 Å². The molecule has 4 heteroatoms. The Morgan fingerprint density at radius 2 is 1.79 bits per heavy atom. The minimum Gasteiger partial charge on any atom is -0.497 e. The van der Waals surface area contributed by atoms with Crippen molar-refractivity contribution in [2.75, 3.05) is 7.11 Å². The second-order valence-corrected chi connectivity index (χ2v) is 6.52. The Hall–Kier alpha value is -2.36.